The zero-order valence-corrected chi connectivity index (χ0v) is 25.4. The number of anilines is 5. The summed E-state index contributed by atoms with van der Waals surface area (Å²) >= 11 is 6.42. The third-order valence-corrected chi connectivity index (χ3v) is 8.54. The van der Waals surface area contributed by atoms with Gasteiger partial charge in [0.1, 0.15) is 23.7 Å². The number of carbonyl (C=O) groups excluding carboxylic acids is 1. The zero-order chi connectivity index (χ0) is 29.4. The van der Waals surface area contributed by atoms with Crippen LogP contribution < -0.4 is 30.7 Å². The Bertz CT molecular complexity index is 1510. The van der Waals surface area contributed by atoms with Gasteiger partial charge >= 0.3 is 0 Å². The average molecular weight is 596 g/mol. The lowest BCUT2D eigenvalue weighted by Gasteiger charge is -2.23. The molecule has 1 fully saturated rings. The number of nitrogens with one attached hydrogen (secondary N) is 3. The molecular weight excluding hydrogens is 561 g/mol. The Morgan fingerprint density at radius 3 is 2.54 bits per heavy atom. The molecule has 0 aliphatic heterocycles. The van der Waals surface area contributed by atoms with E-state index in [4.69, 9.17) is 21.1 Å². The quantitative estimate of drug-likeness (QED) is 0.173. The number of methoxy groups -OCH3 is 1. The number of rotatable bonds is 10. The van der Waals surface area contributed by atoms with Crippen molar-refractivity contribution in [3.63, 3.8) is 0 Å². The van der Waals surface area contributed by atoms with Crippen molar-refractivity contribution in [2.75, 3.05) is 43.0 Å². The van der Waals surface area contributed by atoms with Gasteiger partial charge < -0.3 is 30.0 Å². The Labute approximate surface area is 246 Å². The van der Waals surface area contributed by atoms with Crippen molar-refractivity contribution in [3.8, 4) is 23.3 Å². The van der Waals surface area contributed by atoms with Gasteiger partial charge in [-0.05, 0) is 63.1 Å². The molecule has 0 saturated heterocycles. The fraction of sp³-hybridized carbons (Fsp3) is 0.367. The fourth-order valence-corrected chi connectivity index (χ4v) is 5.98. The lowest BCUT2D eigenvalue weighted by atomic mass is 9.90. The first-order valence-electron chi connectivity index (χ1n) is 13.5. The number of hydrogen-bond donors (Lipinski definition) is 3. The SMILES string of the molecule is CC#CC(=O)Nc1cc(Nc2ncc(Cl)c(Nc3ccccc3P(C)(C)=O)n2)c(OC)cc1OCC1CCCCC1. The van der Waals surface area contributed by atoms with Gasteiger partial charge in [0.15, 0.2) is 5.82 Å². The summed E-state index contributed by atoms with van der Waals surface area (Å²) in [7, 11) is -1.02. The molecular formula is C30H35ClN5O4P. The number of para-hydroxylation sites is 1. The Kier molecular flexibility index (Phi) is 10.1. The van der Waals surface area contributed by atoms with Crippen molar-refractivity contribution >= 4 is 58.8 Å². The predicted molar refractivity (Wildman–Crippen MR) is 166 cm³/mol. The van der Waals surface area contributed by atoms with E-state index in [1.165, 1.54) is 25.5 Å². The topological polar surface area (TPSA) is 114 Å². The van der Waals surface area contributed by atoms with Crippen LogP contribution in [0.4, 0.5) is 28.8 Å². The summed E-state index contributed by atoms with van der Waals surface area (Å²) in [4.78, 5) is 21.3. The number of benzene rings is 2. The number of aromatic nitrogens is 2. The summed E-state index contributed by atoms with van der Waals surface area (Å²) in [6.45, 7) is 5.57. The molecule has 0 spiro atoms. The van der Waals surface area contributed by atoms with Gasteiger partial charge in [0.2, 0.25) is 5.95 Å². The summed E-state index contributed by atoms with van der Waals surface area (Å²) in [5.41, 5.74) is 1.59. The molecule has 0 bridgehead atoms. The Morgan fingerprint density at radius 1 is 1.07 bits per heavy atom. The Hall–Kier alpha value is -3.73. The molecule has 0 unspecified atom stereocenters. The van der Waals surface area contributed by atoms with Crippen LogP contribution in [-0.4, -0.2) is 42.9 Å². The first-order valence-corrected chi connectivity index (χ1v) is 16.5. The van der Waals surface area contributed by atoms with Crippen LogP contribution in [0.1, 0.15) is 39.0 Å². The van der Waals surface area contributed by atoms with Crippen molar-refractivity contribution < 1.29 is 18.8 Å². The first kappa shape index (κ1) is 30.2. The maximum atomic E-state index is 12.8. The third-order valence-electron chi connectivity index (χ3n) is 6.72. The highest BCUT2D eigenvalue weighted by molar-refractivity contribution is 7.70. The molecule has 0 atom stereocenters. The summed E-state index contributed by atoms with van der Waals surface area (Å²) in [5.74, 6) is 6.65. The lowest BCUT2D eigenvalue weighted by Crippen LogP contribution is -2.17. The zero-order valence-electron chi connectivity index (χ0n) is 23.7. The molecule has 1 heterocycles. The summed E-state index contributed by atoms with van der Waals surface area (Å²) in [5, 5.41) is 10.1. The normalized spacial score (nSPS) is 13.5. The van der Waals surface area contributed by atoms with E-state index in [1.54, 1.807) is 39.5 Å². The van der Waals surface area contributed by atoms with Crippen molar-refractivity contribution in [3.05, 3.63) is 47.6 Å². The number of carbonyl (C=O) groups is 1. The maximum Gasteiger partial charge on any atom is 0.300 e. The minimum atomic E-state index is -2.56. The van der Waals surface area contributed by atoms with Gasteiger partial charge in [0.25, 0.3) is 5.91 Å². The second-order valence-electron chi connectivity index (χ2n) is 10.2. The number of nitrogens with zero attached hydrogens (tertiary/aromatic N) is 2. The minimum Gasteiger partial charge on any atom is -0.494 e. The van der Waals surface area contributed by atoms with Gasteiger partial charge in [-0.1, -0.05) is 48.9 Å². The van der Waals surface area contributed by atoms with E-state index < -0.39 is 13.0 Å². The third kappa shape index (κ3) is 8.16. The van der Waals surface area contributed by atoms with Crippen molar-refractivity contribution in [1.82, 2.24) is 9.97 Å². The van der Waals surface area contributed by atoms with E-state index in [0.29, 0.717) is 52.2 Å². The van der Waals surface area contributed by atoms with Crippen LogP contribution in [0.2, 0.25) is 5.02 Å². The molecule has 3 N–H and O–H groups in total. The number of ether oxygens (including phenoxy) is 2. The van der Waals surface area contributed by atoms with Crippen LogP contribution in [-0.2, 0) is 9.36 Å². The van der Waals surface area contributed by atoms with E-state index >= 15 is 0 Å². The van der Waals surface area contributed by atoms with Crippen LogP contribution in [0.25, 0.3) is 0 Å². The average Bonchev–Trinajstić information content (AvgIpc) is 2.95. The van der Waals surface area contributed by atoms with Crippen molar-refractivity contribution in [2.45, 2.75) is 39.0 Å². The molecule has 216 valence electrons. The highest BCUT2D eigenvalue weighted by Gasteiger charge is 2.20. The smallest absolute Gasteiger partial charge is 0.300 e. The molecule has 1 amide bonds. The maximum absolute atomic E-state index is 12.8. The van der Waals surface area contributed by atoms with Crippen molar-refractivity contribution in [2.24, 2.45) is 5.92 Å². The second kappa shape index (κ2) is 13.8. The van der Waals surface area contributed by atoms with Crippen LogP contribution in [0.3, 0.4) is 0 Å². The first-order chi connectivity index (χ1) is 19.7. The number of hydrogen-bond acceptors (Lipinski definition) is 8. The molecule has 1 aliphatic carbocycles. The van der Waals surface area contributed by atoms with Gasteiger partial charge in [-0.25, -0.2) is 4.98 Å². The van der Waals surface area contributed by atoms with E-state index in [9.17, 15) is 9.36 Å². The second-order valence-corrected chi connectivity index (χ2v) is 13.8. The molecule has 1 saturated carbocycles. The monoisotopic (exact) mass is 595 g/mol. The van der Waals surface area contributed by atoms with Crippen LogP contribution in [0.5, 0.6) is 11.5 Å². The summed E-state index contributed by atoms with van der Waals surface area (Å²) in [6, 6.07) is 10.8. The van der Waals surface area contributed by atoms with E-state index in [-0.39, 0.29) is 11.0 Å². The molecule has 1 aromatic heterocycles. The van der Waals surface area contributed by atoms with Crippen LogP contribution in [0, 0.1) is 17.8 Å². The van der Waals surface area contributed by atoms with E-state index in [0.717, 1.165) is 12.8 Å². The standard InChI is InChI=1S/C30H35ClN5O4P/c1-5-11-28(37)33-24-16-23(25(39-2)17-26(24)40-19-20-12-7-6-8-13-20)35-30-32-18-21(31)29(36-30)34-22-14-9-10-15-27(22)41(3,4)38/h9-10,14-18,20H,6-8,12-13,19H2,1-4H3,(H,33,37)(H2,32,34,35,36). The number of halogens is 1. The van der Waals surface area contributed by atoms with Crippen LogP contribution >= 0.6 is 18.7 Å². The molecule has 41 heavy (non-hydrogen) atoms. The summed E-state index contributed by atoms with van der Waals surface area (Å²) < 4.78 is 24.7. The molecule has 2 aromatic carbocycles. The summed E-state index contributed by atoms with van der Waals surface area (Å²) in [6.07, 6.45) is 7.39. The van der Waals surface area contributed by atoms with Gasteiger partial charge in [0.05, 0.1) is 37.0 Å². The molecule has 0 radical (unpaired) electrons. The highest BCUT2D eigenvalue weighted by atomic mass is 35.5. The molecule has 9 nitrogen and oxygen atoms in total. The van der Waals surface area contributed by atoms with Gasteiger partial charge in [-0.3, -0.25) is 4.79 Å². The van der Waals surface area contributed by atoms with Gasteiger partial charge in [-0.15, -0.1) is 0 Å². The minimum absolute atomic E-state index is 0.227. The van der Waals surface area contributed by atoms with Gasteiger partial charge in [0, 0.05) is 11.4 Å². The fourth-order valence-electron chi connectivity index (χ4n) is 4.69. The molecule has 1 aliphatic rings. The van der Waals surface area contributed by atoms with E-state index in [2.05, 4.69) is 37.8 Å². The molecule has 4 rings (SSSR count). The van der Waals surface area contributed by atoms with Gasteiger partial charge in [-0.2, -0.15) is 4.98 Å². The lowest BCUT2D eigenvalue weighted by molar-refractivity contribution is -0.111. The van der Waals surface area contributed by atoms with Crippen LogP contribution in [0.15, 0.2) is 42.6 Å². The Balaban J connectivity index is 1.63. The largest absolute Gasteiger partial charge is 0.494 e. The number of amides is 1. The Morgan fingerprint density at radius 2 is 1.83 bits per heavy atom. The van der Waals surface area contributed by atoms with Crippen molar-refractivity contribution in [1.29, 1.82) is 0 Å². The highest BCUT2D eigenvalue weighted by Crippen LogP contribution is 2.40. The molecule has 11 heteroatoms. The predicted octanol–water partition coefficient (Wildman–Crippen LogP) is 6.79. The molecule has 3 aromatic rings. The van der Waals surface area contributed by atoms with E-state index in [1.807, 2.05) is 24.3 Å².